The van der Waals surface area contributed by atoms with Crippen LogP contribution < -0.4 is 10.6 Å². The zero-order valence-electron chi connectivity index (χ0n) is 11.0. The number of hydrogen-bond acceptors (Lipinski definition) is 7. The Kier molecular flexibility index (Phi) is 4.64. The van der Waals surface area contributed by atoms with Gasteiger partial charge in [-0.25, -0.2) is 9.97 Å². The van der Waals surface area contributed by atoms with E-state index in [2.05, 4.69) is 24.5 Å². The monoisotopic (exact) mass is 265 g/mol. The maximum Gasteiger partial charge on any atom is 0.323 e. The largest absolute Gasteiger partial charge is 0.468 e. The van der Waals surface area contributed by atoms with E-state index in [9.17, 15) is 4.79 Å². The van der Waals surface area contributed by atoms with Gasteiger partial charge in [0.1, 0.15) is 6.04 Å². The van der Waals surface area contributed by atoms with Crippen LogP contribution in [0.4, 0.5) is 5.95 Å². The van der Waals surface area contributed by atoms with Gasteiger partial charge in [-0.15, -0.1) is 0 Å². The van der Waals surface area contributed by atoms with Gasteiger partial charge in [0.25, 0.3) is 0 Å². The van der Waals surface area contributed by atoms with E-state index in [1.54, 1.807) is 18.5 Å². The lowest BCUT2D eigenvalue weighted by molar-refractivity contribution is -0.142. The molecule has 2 heterocycles. The molecule has 0 bridgehead atoms. The third kappa shape index (κ3) is 3.62. The first kappa shape index (κ1) is 13.7. The smallest absolute Gasteiger partial charge is 0.323 e. The van der Waals surface area contributed by atoms with Crippen LogP contribution in [0, 0.1) is 0 Å². The van der Waals surface area contributed by atoms with Crippen LogP contribution in [0.3, 0.4) is 0 Å². The number of ether oxygens (including phenoxy) is 1. The molecule has 19 heavy (non-hydrogen) atoms. The lowest BCUT2D eigenvalue weighted by Gasteiger charge is -2.35. The van der Waals surface area contributed by atoms with Crippen LogP contribution in [-0.2, 0) is 9.53 Å². The zero-order chi connectivity index (χ0) is 13.7. The Bertz CT molecular complexity index is 406. The van der Waals surface area contributed by atoms with Crippen molar-refractivity contribution in [1.29, 1.82) is 0 Å². The van der Waals surface area contributed by atoms with Crippen LogP contribution in [0.25, 0.3) is 0 Å². The summed E-state index contributed by atoms with van der Waals surface area (Å²) in [4.78, 5) is 24.0. The second kappa shape index (κ2) is 6.44. The van der Waals surface area contributed by atoms with Crippen molar-refractivity contribution in [2.75, 3.05) is 44.7 Å². The summed E-state index contributed by atoms with van der Waals surface area (Å²) in [5.41, 5.74) is 5.75. The van der Waals surface area contributed by atoms with Crippen molar-refractivity contribution in [3.05, 3.63) is 18.5 Å². The van der Waals surface area contributed by atoms with E-state index in [0.717, 1.165) is 32.1 Å². The van der Waals surface area contributed by atoms with Crippen molar-refractivity contribution in [2.45, 2.75) is 6.04 Å². The van der Waals surface area contributed by atoms with Crippen molar-refractivity contribution in [1.82, 2.24) is 14.9 Å². The van der Waals surface area contributed by atoms with E-state index < -0.39 is 6.04 Å². The van der Waals surface area contributed by atoms with Crippen LogP contribution in [0.1, 0.15) is 0 Å². The molecule has 1 aromatic heterocycles. The molecule has 1 fully saturated rings. The number of anilines is 1. The van der Waals surface area contributed by atoms with Crippen molar-refractivity contribution in [3.8, 4) is 0 Å². The topological polar surface area (TPSA) is 84.6 Å². The fraction of sp³-hybridized carbons (Fsp3) is 0.583. The highest BCUT2D eigenvalue weighted by Gasteiger charge is 2.23. The number of rotatable bonds is 4. The minimum Gasteiger partial charge on any atom is -0.468 e. The van der Waals surface area contributed by atoms with Gasteiger partial charge < -0.3 is 15.4 Å². The molecule has 1 saturated heterocycles. The van der Waals surface area contributed by atoms with E-state index >= 15 is 0 Å². The lowest BCUT2D eigenvalue weighted by atomic mass is 10.2. The Morgan fingerprint density at radius 3 is 2.58 bits per heavy atom. The number of methoxy groups -OCH3 is 1. The fourth-order valence-corrected chi connectivity index (χ4v) is 2.09. The van der Waals surface area contributed by atoms with Crippen LogP contribution >= 0.6 is 0 Å². The number of nitrogens with zero attached hydrogens (tertiary/aromatic N) is 4. The third-order valence-electron chi connectivity index (χ3n) is 3.17. The van der Waals surface area contributed by atoms with Gasteiger partial charge in [-0.05, 0) is 6.07 Å². The molecule has 0 spiro atoms. The summed E-state index contributed by atoms with van der Waals surface area (Å²) in [6.07, 6.45) is 3.48. The lowest BCUT2D eigenvalue weighted by Crippen LogP contribution is -2.52. The summed E-state index contributed by atoms with van der Waals surface area (Å²) in [7, 11) is 1.35. The number of carbonyl (C=O) groups excluding carboxylic acids is 1. The van der Waals surface area contributed by atoms with Crippen molar-refractivity contribution in [2.24, 2.45) is 5.73 Å². The Balaban J connectivity index is 1.81. The van der Waals surface area contributed by atoms with Gasteiger partial charge in [0.15, 0.2) is 0 Å². The molecule has 104 valence electrons. The summed E-state index contributed by atoms with van der Waals surface area (Å²) in [6.45, 7) is 3.86. The number of hydrogen-bond donors (Lipinski definition) is 1. The molecule has 0 saturated carbocycles. The zero-order valence-corrected chi connectivity index (χ0v) is 11.0. The number of nitrogens with two attached hydrogens (primary N) is 1. The Morgan fingerprint density at radius 2 is 2.00 bits per heavy atom. The maximum absolute atomic E-state index is 11.3. The second-order valence-corrected chi connectivity index (χ2v) is 4.47. The molecule has 2 N–H and O–H groups in total. The first-order valence-corrected chi connectivity index (χ1v) is 6.28. The van der Waals surface area contributed by atoms with Gasteiger partial charge in [0, 0.05) is 45.1 Å². The predicted octanol–water partition coefficient (Wildman–Crippen LogP) is -0.901. The fourth-order valence-electron chi connectivity index (χ4n) is 2.09. The summed E-state index contributed by atoms with van der Waals surface area (Å²) >= 11 is 0. The molecular formula is C12H19N5O2. The summed E-state index contributed by atoms with van der Waals surface area (Å²) < 4.78 is 4.62. The first-order valence-electron chi connectivity index (χ1n) is 6.28. The Labute approximate surface area is 112 Å². The number of piperazine rings is 1. The van der Waals surface area contributed by atoms with Gasteiger partial charge in [-0.3, -0.25) is 9.69 Å². The molecule has 0 aromatic carbocycles. The van der Waals surface area contributed by atoms with Gasteiger partial charge >= 0.3 is 5.97 Å². The second-order valence-electron chi connectivity index (χ2n) is 4.47. The standard InChI is InChI=1S/C12H19N5O2/c1-19-11(18)10(13)9-16-5-7-17(8-6-16)12-14-3-2-4-15-12/h2-4,10H,5-9,13H2,1H3. The number of carbonyl (C=O) groups is 1. The van der Waals surface area contributed by atoms with Gasteiger partial charge in [0.2, 0.25) is 5.95 Å². The van der Waals surface area contributed by atoms with Crippen molar-refractivity contribution >= 4 is 11.9 Å². The van der Waals surface area contributed by atoms with E-state index in [-0.39, 0.29) is 5.97 Å². The SMILES string of the molecule is COC(=O)C(N)CN1CCN(c2ncccn2)CC1. The van der Waals surface area contributed by atoms with Crippen LogP contribution in [0.15, 0.2) is 18.5 Å². The first-order chi connectivity index (χ1) is 9.20. The van der Waals surface area contributed by atoms with E-state index in [0.29, 0.717) is 6.54 Å². The van der Waals surface area contributed by atoms with Crippen LogP contribution in [-0.4, -0.2) is 66.7 Å². The van der Waals surface area contributed by atoms with Gasteiger partial charge in [0.05, 0.1) is 7.11 Å². The minimum absolute atomic E-state index is 0.367. The Hall–Kier alpha value is -1.73. The van der Waals surface area contributed by atoms with Crippen molar-refractivity contribution in [3.63, 3.8) is 0 Å². The number of aromatic nitrogens is 2. The molecule has 1 aliphatic heterocycles. The van der Waals surface area contributed by atoms with Crippen LogP contribution in [0.2, 0.25) is 0 Å². The molecule has 1 aliphatic rings. The van der Waals surface area contributed by atoms with Gasteiger partial charge in [-0.1, -0.05) is 0 Å². The molecule has 2 rings (SSSR count). The third-order valence-corrected chi connectivity index (χ3v) is 3.17. The normalized spacial score (nSPS) is 18.1. The molecule has 0 amide bonds. The maximum atomic E-state index is 11.3. The number of esters is 1. The Morgan fingerprint density at radius 1 is 1.37 bits per heavy atom. The van der Waals surface area contributed by atoms with Crippen LogP contribution in [0.5, 0.6) is 0 Å². The summed E-state index contributed by atoms with van der Waals surface area (Å²) in [6, 6.07) is 1.22. The van der Waals surface area contributed by atoms with E-state index in [1.807, 2.05) is 0 Å². The molecule has 1 aromatic rings. The molecule has 7 heteroatoms. The summed E-state index contributed by atoms with van der Waals surface area (Å²) in [5.74, 6) is 0.383. The molecule has 0 aliphatic carbocycles. The predicted molar refractivity (Wildman–Crippen MR) is 70.7 cm³/mol. The minimum atomic E-state index is -0.579. The average Bonchev–Trinajstić information content (AvgIpc) is 2.48. The highest BCUT2D eigenvalue weighted by atomic mass is 16.5. The average molecular weight is 265 g/mol. The molecule has 0 radical (unpaired) electrons. The highest BCUT2D eigenvalue weighted by Crippen LogP contribution is 2.09. The quantitative estimate of drug-likeness (QED) is 0.706. The summed E-state index contributed by atoms with van der Waals surface area (Å²) in [5, 5.41) is 0. The van der Waals surface area contributed by atoms with E-state index in [4.69, 9.17) is 5.73 Å². The molecule has 1 unspecified atom stereocenters. The van der Waals surface area contributed by atoms with Gasteiger partial charge in [-0.2, -0.15) is 0 Å². The van der Waals surface area contributed by atoms with Crippen molar-refractivity contribution < 1.29 is 9.53 Å². The molecular weight excluding hydrogens is 246 g/mol. The molecule has 1 atom stereocenters. The molecule has 7 nitrogen and oxygen atoms in total. The highest BCUT2D eigenvalue weighted by molar-refractivity contribution is 5.75. The van der Waals surface area contributed by atoms with E-state index in [1.165, 1.54) is 7.11 Å².